The van der Waals surface area contributed by atoms with E-state index >= 15 is 0 Å². The Balaban J connectivity index is 2.25. The molecular formula is C16H22N2O6. The van der Waals surface area contributed by atoms with Crippen molar-refractivity contribution in [3.8, 4) is 0 Å². The predicted octanol–water partition coefficient (Wildman–Crippen LogP) is 0.815. The summed E-state index contributed by atoms with van der Waals surface area (Å²) in [5, 5.41) is 8.43. The van der Waals surface area contributed by atoms with Gasteiger partial charge in [0.25, 0.3) is 0 Å². The van der Waals surface area contributed by atoms with Crippen LogP contribution in [0.25, 0.3) is 0 Å². The predicted molar refractivity (Wildman–Crippen MR) is 85.3 cm³/mol. The number of amides is 2. The topological polar surface area (TPSA) is 96.4 Å². The highest BCUT2D eigenvalue weighted by Crippen LogP contribution is 2.02. The lowest BCUT2D eigenvalue weighted by Gasteiger charge is -2.22. The number of hydrogen-bond acceptors (Lipinski definition) is 5. The first-order valence-electron chi connectivity index (χ1n) is 7.35. The molecule has 24 heavy (non-hydrogen) atoms. The zero-order valence-corrected chi connectivity index (χ0v) is 13.8. The minimum atomic E-state index is -1.13. The summed E-state index contributed by atoms with van der Waals surface area (Å²) in [5.41, 5.74) is 0.891. The van der Waals surface area contributed by atoms with Crippen LogP contribution in [0.2, 0.25) is 0 Å². The second kappa shape index (κ2) is 10.2. The lowest BCUT2D eigenvalue weighted by molar-refractivity contribution is -0.145. The van der Waals surface area contributed by atoms with Crippen molar-refractivity contribution in [2.75, 3.05) is 40.4 Å². The number of benzene rings is 1. The monoisotopic (exact) mass is 338 g/mol. The summed E-state index contributed by atoms with van der Waals surface area (Å²) in [5.74, 6) is -1.49. The van der Waals surface area contributed by atoms with Gasteiger partial charge in [-0.15, -0.1) is 0 Å². The molecular weight excluding hydrogens is 316 g/mol. The second-order valence-corrected chi connectivity index (χ2v) is 5.16. The normalized spacial score (nSPS) is 10.1. The van der Waals surface area contributed by atoms with Gasteiger partial charge in [0.15, 0.2) is 0 Å². The van der Waals surface area contributed by atoms with E-state index in [4.69, 9.17) is 14.6 Å². The SMILES string of the molecule is CN(CCN(C)C(=O)OCc1ccccc1)C(=O)COCC(=O)O. The van der Waals surface area contributed by atoms with Gasteiger partial charge in [0.1, 0.15) is 19.8 Å². The third kappa shape index (κ3) is 7.59. The van der Waals surface area contributed by atoms with E-state index < -0.39 is 18.7 Å². The number of carbonyl (C=O) groups excluding carboxylic acids is 2. The van der Waals surface area contributed by atoms with Gasteiger partial charge in [-0.2, -0.15) is 0 Å². The molecule has 8 nitrogen and oxygen atoms in total. The molecule has 0 saturated heterocycles. The van der Waals surface area contributed by atoms with Gasteiger partial charge in [-0.1, -0.05) is 30.3 Å². The van der Waals surface area contributed by atoms with Crippen LogP contribution in [0.5, 0.6) is 0 Å². The summed E-state index contributed by atoms with van der Waals surface area (Å²) in [4.78, 5) is 36.6. The number of rotatable bonds is 9. The number of ether oxygens (including phenoxy) is 2. The van der Waals surface area contributed by atoms with Gasteiger partial charge < -0.3 is 24.4 Å². The Labute approximate surface area is 140 Å². The molecule has 1 N–H and O–H groups in total. The van der Waals surface area contributed by atoms with Crippen molar-refractivity contribution < 1.29 is 29.0 Å². The largest absolute Gasteiger partial charge is 0.480 e. The Bertz CT molecular complexity index is 549. The molecule has 1 aromatic carbocycles. The van der Waals surface area contributed by atoms with Gasteiger partial charge >= 0.3 is 12.1 Å². The third-order valence-electron chi connectivity index (χ3n) is 3.16. The smallest absolute Gasteiger partial charge is 0.409 e. The molecule has 0 aromatic heterocycles. The molecule has 0 unspecified atom stereocenters. The molecule has 0 saturated carbocycles. The molecule has 132 valence electrons. The molecule has 0 fully saturated rings. The van der Waals surface area contributed by atoms with Crippen molar-refractivity contribution in [3.05, 3.63) is 35.9 Å². The fourth-order valence-corrected chi connectivity index (χ4v) is 1.68. The zero-order valence-electron chi connectivity index (χ0n) is 13.8. The van der Waals surface area contributed by atoms with Gasteiger partial charge in [0.2, 0.25) is 5.91 Å². The third-order valence-corrected chi connectivity index (χ3v) is 3.16. The summed E-state index contributed by atoms with van der Waals surface area (Å²) in [7, 11) is 3.13. The van der Waals surface area contributed by atoms with Gasteiger partial charge in [-0.25, -0.2) is 9.59 Å². The molecule has 0 atom stereocenters. The van der Waals surface area contributed by atoms with Crippen LogP contribution in [0, 0.1) is 0 Å². The number of carbonyl (C=O) groups is 3. The average molecular weight is 338 g/mol. The zero-order chi connectivity index (χ0) is 17.9. The number of likely N-dealkylation sites (N-methyl/N-ethyl adjacent to an activating group) is 2. The molecule has 8 heteroatoms. The summed E-state index contributed by atoms with van der Waals surface area (Å²) >= 11 is 0. The van der Waals surface area contributed by atoms with Crippen molar-refractivity contribution in [1.82, 2.24) is 9.80 Å². The van der Waals surface area contributed by atoms with Crippen LogP contribution in [0.3, 0.4) is 0 Å². The second-order valence-electron chi connectivity index (χ2n) is 5.16. The Morgan fingerprint density at radius 1 is 1.00 bits per heavy atom. The van der Waals surface area contributed by atoms with E-state index in [1.165, 1.54) is 9.80 Å². The number of hydrogen-bond donors (Lipinski definition) is 1. The summed E-state index contributed by atoms with van der Waals surface area (Å²) in [6, 6.07) is 9.32. The van der Waals surface area contributed by atoms with Crippen LogP contribution in [0.1, 0.15) is 5.56 Å². The molecule has 0 aliphatic heterocycles. The van der Waals surface area contributed by atoms with Gasteiger partial charge in [0.05, 0.1) is 0 Å². The minimum Gasteiger partial charge on any atom is -0.480 e. The Hall–Kier alpha value is -2.61. The Morgan fingerprint density at radius 2 is 1.62 bits per heavy atom. The summed E-state index contributed by atoms with van der Waals surface area (Å²) in [6.45, 7) is -0.0843. The van der Waals surface area contributed by atoms with Crippen LogP contribution in [0.15, 0.2) is 30.3 Å². The van der Waals surface area contributed by atoms with E-state index in [9.17, 15) is 14.4 Å². The number of carboxylic acid groups (broad SMARTS) is 1. The van der Waals surface area contributed by atoms with E-state index in [1.807, 2.05) is 30.3 Å². The molecule has 1 rings (SSSR count). The van der Waals surface area contributed by atoms with E-state index in [-0.39, 0.29) is 32.2 Å². The summed E-state index contributed by atoms with van der Waals surface area (Å²) < 4.78 is 9.89. The minimum absolute atomic E-state index is 0.182. The first kappa shape index (κ1) is 19.4. The van der Waals surface area contributed by atoms with Crippen molar-refractivity contribution in [2.45, 2.75) is 6.61 Å². The first-order chi connectivity index (χ1) is 11.4. The van der Waals surface area contributed by atoms with E-state index in [1.54, 1.807) is 14.1 Å². The van der Waals surface area contributed by atoms with Gasteiger partial charge in [0, 0.05) is 27.2 Å². The first-order valence-corrected chi connectivity index (χ1v) is 7.35. The fourth-order valence-electron chi connectivity index (χ4n) is 1.68. The van der Waals surface area contributed by atoms with E-state index in [0.717, 1.165) is 5.56 Å². The van der Waals surface area contributed by atoms with Crippen molar-refractivity contribution >= 4 is 18.0 Å². The molecule has 0 bridgehead atoms. The fraction of sp³-hybridized carbons (Fsp3) is 0.438. The Morgan fingerprint density at radius 3 is 2.25 bits per heavy atom. The lowest BCUT2D eigenvalue weighted by Crippen LogP contribution is -2.39. The molecule has 0 aliphatic rings. The van der Waals surface area contributed by atoms with Crippen molar-refractivity contribution in [1.29, 1.82) is 0 Å². The molecule has 2 amide bonds. The number of carboxylic acids is 1. The number of nitrogens with zero attached hydrogens (tertiary/aromatic N) is 2. The molecule has 0 aliphatic carbocycles. The van der Waals surface area contributed by atoms with E-state index in [2.05, 4.69) is 0 Å². The molecule has 0 radical (unpaired) electrons. The molecule has 1 aromatic rings. The van der Waals surface area contributed by atoms with E-state index in [0.29, 0.717) is 0 Å². The maximum atomic E-state index is 11.9. The van der Waals surface area contributed by atoms with Crippen LogP contribution in [0.4, 0.5) is 4.79 Å². The quantitative estimate of drug-likeness (QED) is 0.716. The van der Waals surface area contributed by atoms with Crippen LogP contribution >= 0.6 is 0 Å². The maximum Gasteiger partial charge on any atom is 0.409 e. The summed E-state index contributed by atoms with van der Waals surface area (Å²) in [6.07, 6.45) is -0.484. The van der Waals surface area contributed by atoms with Crippen LogP contribution in [-0.4, -0.2) is 73.3 Å². The molecule has 0 spiro atoms. The highest BCUT2D eigenvalue weighted by Gasteiger charge is 2.14. The van der Waals surface area contributed by atoms with Crippen LogP contribution in [-0.2, 0) is 25.7 Å². The average Bonchev–Trinajstić information content (AvgIpc) is 2.57. The highest BCUT2D eigenvalue weighted by molar-refractivity contribution is 5.77. The Kier molecular flexibility index (Phi) is 8.28. The van der Waals surface area contributed by atoms with Crippen molar-refractivity contribution in [3.63, 3.8) is 0 Å². The van der Waals surface area contributed by atoms with Gasteiger partial charge in [-0.3, -0.25) is 4.79 Å². The van der Waals surface area contributed by atoms with Crippen LogP contribution < -0.4 is 0 Å². The number of aliphatic carboxylic acids is 1. The standard InChI is InChI=1S/C16H22N2O6/c1-17(14(19)11-23-12-15(20)21)8-9-18(2)16(22)24-10-13-6-4-3-5-7-13/h3-7H,8-12H2,1-2H3,(H,20,21). The molecule has 0 heterocycles. The van der Waals surface area contributed by atoms with Crippen molar-refractivity contribution in [2.24, 2.45) is 0 Å². The maximum absolute atomic E-state index is 11.9. The highest BCUT2D eigenvalue weighted by atomic mass is 16.6. The lowest BCUT2D eigenvalue weighted by atomic mass is 10.2. The van der Waals surface area contributed by atoms with Gasteiger partial charge in [-0.05, 0) is 5.56 Å².